The average molecular weight is 1200 g/mol. The number of carbonyl (C=O) groups is 2. The van der Waals surface area contributed by atoms with Gasteiger partial charge in [-0.15, -0.1) is 0 Å². The van der Waals surface area contributed by atoms with Crippen LogP contribution in [0.2, 0.25) is 0 Å². The molecule has 5 aliphatic rings. The molecule has 478 valence electrons. The van der Waals surface area contributed by atoms with Crippen LogP contribution in [0, 0.1) is 17.8 Å². The highest BCUT2D eigenvalue weighted by Gasteiger charge is 2.53. The molecule has 25 nitrogen and oxygen atoms in total. The molecule has 0 aromatic rings. The lowest BCUT2D eigenvalue weighted by Gasteiger charge is -2.48. The van der Waals surface area contributed by atoms with Crippen molar-refractivity contribution in [3.05, 3.63) is 85.1 Å². The lowest BCUT2D eigenvalue weighted by Crippen LogP contribution is -2.69. The molecule has 4 saturated heterocycles. The van der Waals surface area contributed by atoms with Crippen LogP contribution < -0.4 is 5.32 Å². The molecule has 25 heteroatoms. The standard InChI is InChI=1S/C59H95N3O22/c1-35-17-15-13-11-9-7-5-6-8-10-12-14-16-18-42(83-57-54(75)50(52(73)38(4)82-57)60-34-59(79)55(76)53(74)46(70)33-80-59)30-47-49(56(77)62-23-21-61(22-24-62)25-26-63)45(69)32-58(78,84-47)31-41(66)28-44(68)43(67)20-19-39(64)27-40(65)29-48(71)81-37(3)36(2)51(35)72/h5-18,35-47,49-55,57,60,63-70,72-76,78-79H,19-34H2,1-4H3/b6-5+,9-7+,10-8+,13-11+,14-12+,17-15+,18-16+/t35-,36?,37-,38+,39+,40+,41-,42-,43+,44+,45-,46+,47?,49?,50-,51+,52+,53+,54-,55-,57-,58+,59+/m0/s1. The minimum atomic E-state index is -2.47. The quantitative estimate of drug-likeness (QED) is 0.109. The van der Waals surface area contributed by atoms with E-state index in [0.29, 0.717) is 19.6 Å². The van der Waals surface area contributed by atoms with Gasteiger partial charge >= 0.3 is 5.97 Å². The van der Waals surface area contributed by atoms with E-state index < -0.39 is 184 Å². The number of aliphatic hydroxyl groups excluding tert-OH is 13. The van der Waals surface area contributed by atoms with Crippen LogP contribution in [0.15, 0.2) is 85.1 Å². The Morgan fingerprint density at radius 3 is 1.88 bits per heavy atom. The van der Waals surface area contributed by atoms with Crippen molar-refractivity contribution < 1.29 is 110 Å². The lowest BCUT2D eigenvalue weighted by atomic mass is 9.81. The van der Waals surface area contributed by atoms with Crippen LogP contribution in [0.5, 0.6) is 0 Å². The number of allylic oxidation sites excluding steroid dienone is 12. The van der Waals surface area contributed by atoms with E-state index in [4.69, 9.17) is 23.7 Å². The number of amides is 1. The Kier molecular flexibility index (Phi) is 28.9. The Labute approximate surface area is 491 Å². The number of nitrogens with one attached hydrogen (secondary N) is 1. The number of aliphatic hydroxyl groups is 15. The summed E-state index contributed by atoms with van der Waals surface area (Å²) < 4.78 is 29.6. The number of rotatable bonds is 8. The zero-order chi connectivity index (χ0) is 61.9. The Bertz CT molecular complexity index is 2210. The molecule has 5 aliphatic heterocycles. The molecule has 5 rings (SSSR count). The lowest BCUT2D eigenvalue weighted by molar-refractivity contribution is -0.323. The number of hydrogen-bond donors (Lipinski definition) is 16. The Morgan fingerprint density at radius 1 is 0.655 bits per heavy atom. The van der Waals surface area contributed by atoms with E-state index in [9.17, 15) is 86.2 Å². The first-order valence-electron chi connectivity index (χ1n) is 29.2. The van der Waals surface area contributed by atoms with Crippen molar-refractivity contribution in [2.75, 3.05) is 52.5 Å². The van der Waals surface area contributed by atoms with Crippen molar-refractivity contribution in [1.29, 1.82) is 0 Å². The number of fused-ring (bicyclic) bond motifs is 2. The van der Waals surface area contributed by atoms with Crippen molar-refractivity contribution in [3.8, 4) is 0 Å². The maximum Gasteiger partial charge on any atom is 0.308 e. The van der Waals surface area contributed by atoms with Gasteiger partial charge in [-0.05, 0) is 33.1 Å². The summed E-state index contributed by atoms with van der Waals surface area (Å²) in [5, 5.41) is 167. The zero-order valence-corrected chi connectivity index (χ0v) is 48.5. The minimum absolute atomic E-state index is 0.0956. The number of carbonyl (C=O) groups excluding carboxylic acids is 2. The first-order chi connectivity index (χ1) is 39.8. The summed E-state index contributed by atoms with van der Waals surface area (Å²) in [6.07, 6.45) is -3.19. The fourth-order valence-corrected chi connectivity index (χ4v) is 11.0. The number of esters is 1. The highest BCUT2D eigenvalue weighted by atomic mass is 16.7. The summed E-state index contributed by atoms with van der Waals surface area (Å²) in [6.45, 7) is 7.01. The number of nitrogens with zero attached hydrogens (tertiary/aromatic N) is 2. The fourth-order valence-electron chi connectivity index (χ4n) is 11.0. The van der Waals surface area contributed by atoms with E-state index in [1.807, 2.05) is 17.9 Å². The SMILES string of the molecule is CC1[C@H](C)OC(=O)C[C@H](O)C[C@H](O)CC[C@@H](O)[C@H](O)C[C@H](O)C[C@]2(O)C[C@H](O)C(C(=O)N3CCN(CCO)CC3)C(C[C@@H](O[C@@H]3O[C@H](C)[C@@H](O)[C@H](NC[C@@]4(O)OC[C@@H](O)[C@@H](O)[C@@H]4O)[C@@H]3O)/C=C/C=C/C=C/C=C/C=C/C=C/C=C/[C@H](C)[C@H]1O)O2. The molecule has 0 aromatic heterocycles. The van der Waals surface area contributed by atoms with Gasteiger partial charge in [0, 0.05) is 70.2 Å². The topological polar surface area (TPSA) is 402 Å². The van der Waals surface area contributed by atoms with E-state index in [0.717, 1.165) is 0 Å². The summed E-state index contributed by atoms with van der Waals surface area (Å²) in [5.41, 5.74) is 0. The van der Waals surface area contributed by atoms with Gasteiger partial charge in [-0.25, -0.2) is 0 Å². The molecule has 0 saturated carbocycles. The van der Waals surface area contributed by atoms with E-state index in [1.54, 1.807) is 86.8 Å². The smallest absolute Gasteiger partial charge is 0.308 e. The molecular formula is C59H95N3O22. The molecule has 0 spiro atoms. The van der Waals surface area contributed by atoms with Gasteiger partial charge in [0.25, 0.3) is 0 Å². The average Bonchev–Trinajstić information content (AvgIpc) is 2.40. The number of cyclic esters (lactones) is 1. The second-order valence-electron chi connectivity index (χ2n) is 23.1. The largest absolute Gasteiger partial charge is 0.462 e. The van der Waals surface area contributed by atoms with Gasteiger partial charge in [-0.1, -0.05) is 98.9 Å². The molecule has 84 heavy (non-hydrogen) atoms. The summed E-state index contributed by atoms with van der Waals surface area (Å²) in [7, 11) is 0. The van der Waals surface area contributed by atoms with Crippen LogP contribution in [-0.2, 0) is 33.3 Å². The molecule has 4 fully saturated rings. The van der Waals surface area contributed by atoms with Crippen LogP contribution in [0.3, 0.4) is 0 Å². The highest BCUT2D eigenvalue weighted by molar-refractivity contribution is 5.80. The monoisotopic (exact) mass is 1200 g/mol. The predicted molar refractivity (Wildman–Crippen MR) is 302 cm³/mol. The van der Waals surface area contributed by atoms with Crippen molar-refractivity contribution in [3.63, 3.8) is 0 Å². The Balaban J connectivity index is 1.44. The van der Waals surface area contributed by atoms with Crippen molar-refractivity contribution in [1.82, 2.24) is 15.1 Å². The Hall–Kier alpha value is -3.72. The van der Waals surface area contributed by atoms with E-state index in [-0.39, 0.29) is 51.3 Å². The number of hydrogen-bond acceptors (Lipinski definition) is 24. The van der Waals surface area contributed by atoms with E-state index in [2.05, 4.69) is 5.32 Å². The maximum absolute atomic E-state index is 14.6. The summed E-state index contributed by atoms with van der Waals surface area (Å²) in [5.74, 6) is -8.28. The molecule has 1 amide bonds. The van der Waals surface area contributed by atoms with Crippen LogP contribution in [0.4, 0.5) is 0 Å². The van der Waals surface area contributed by atoms with Gasteiger partial charge in [0.2, 0.25) is 11.7 Å². The molecule has 0 aromatic carbocycles. The molecule has 0 aliphatic carbocycles. The van der Waals surface area contributed by atoms with Crippen LogP contribution >= 0.6 is 0 Å². The Morgan fingerprint density at radius 2 is 1.26 bits per heavy atom. The first kappa shape index (κ1) is 71.0. The number of piperazine rings is 1. The molecule has 0 radical (unpaired) electrons. The minimum Gasteiger partial charge on any atom is -0.462 e. The van der Waals surface area contributed by atoms with Gasteiger partial charge < -0.3 is 110 Å². The zero-order valence-electron chi connectivity index (χ0n) is 48.5. The third kappa shape index (κ3) is 21.3. The van der Waals surface area contributed by atoms with Crippen LogP contribution in [0.25, 0.3) is 0 Å². The third-order valence-electron chi connectivity index (χ3n) is 16.3. The second kappa shape index (κ2) is 34.1. The summed E-state index contributed by atoms with van der Waals surface area (Å²) in [6, 6.07) is -1.35. The molecule has 16 N–H and O–H groups in total. The normalized spacial score (nSPS) is 44.8. The molecule has 5 heterocycles. The van der Waals surface area contributed by atoms with Gasteiger partial charge in [0.05, 0.1) is 105 Å². The fraction of sp³-hybridized carbons (Fsp3) is 0.729. The number of ether oxygens (including phenoxy) is 5. The molecular weight excluding hydrogens is 1100 g/mol. The first-order valence-corrected chi connectivity index (χ1v) is 29.2. The van der Waals surface area contributed by atoms with Gasteiger partial charge in [0.1, 0.15) is 30.5 Å². The van der Waals surface area contributed by atoms with Crippen molar-refractivity contribution >= 4 is 11.9 Å². The van der Waals surface area contributed by atoms with E-state index in [1.165, 1.54) is 17.9 Å². The van der Waals surface area contributed by atoms with Crippen molar-refractivity contribution in [2.24, 2.45) is 17.8 Å². The van der Waals surface area contributed by atoms with Gasteiger partial charge in [-0.2, -0.15) is 0 Å². The number of β-amino-alcohol motifs (C(OH)–C–C–N with tert-alkyl or cyclic N) is 1. The van der Waals surface area contributed by atoms with Crippen LogP contribution in [-0.4, -0.2) is 272 Å². The summed E-state index contributed by atoms with van der Waals surface area (Å²) >= 11 is 0. The maximum atomic E-state index is 14.6. The molecule has 3 unspecified atom stereocenters. The predicted octanol–water partition coefficient (Wildman–Crippen LogP) is -2.80. The van der Waals surface area contributed by atoms with E-state index >= 15 is 0 Å². The summed E-state index contributed by atoms with van der Waals surface area (Å²) in [4.78, 5) is 30.9. The molecule has 23 atom stereocenters. The highest BCUT2D eigenvalue weighted by Crippen LogP contribution is 2.39. The molecule has 2 bridgehead atoms. The third-order valence-corrected chi connectivity index (χ3v) is 16.3. The second-order valence-corrected chi connectivity index (χ2v) is 23.1. The van der Waals surface area contributed by atoms with Crippen molar-refractivity contribution in [2.45, 2.75) is 201 Å². The van der Waals surface area contributed by atoms with Gasteiger partial charge in [0.15, 0.2) is 12.1 Å². The van der Waals surface area contributed by atoms with Gasteiger partial charge in [-0.3, -0.25) is 14.5 Å². The van der Waals surface area contributed by atoms with Crippen LogP contribution in [0.1, 0.15) is 79.1 Å².